The zero-order chi connectivity index (χ0) is 20.5. The first-order valence-electron chi connectivity index (χ1n) is 11.2. The fourth-order valence-electron chi connectivity index (χ4n) is 4.58. The molecular formula is C23H39IN4O2. The quantitative estimate of drug-likeness (QED) is 0.315. The molecule has 7 heteroatoms. The zero-order valence-electron chi connectivity index (χ0n) is 18.8. The van der Waals surface area contributed by atoms with Crippen LogP contribution in [0.1, 0.15) is 44.2 Å². The van der Waals surface area contributed by atoms with Gasteiger partial charge in [0.1, 0.15) is 5.75 Å². The lowest BCUT2D eigenvalue weighted by molar-refractivity contribution is 0.157. The Morgan fingerprint density at radius 1 is 1.17 bits per heavy atom. The normalized spacial score (nSPS) is 21.2. The van der Waals surface area contributed by atoms with E-state index in [1.807, 2.05) is 6.07 Å². The maximum atomic E-state index is 5.70. The highest BCUT2D eigenvalue weighted by Crippen LogP contribution is 2.31. The summed E-state index contributed by atoms with van der Waals surface area (Å²) in [5.74, 6) is 2.59. The van der Waals surface area contributed by atoms with Crippen LogP contribution in [0.2, 0.25) is 0 Å². The maximum absolute atomic E-state index is 5.70. The predicted molar refractivity (Wildman–Crippen MR) is 134 cm³/mol. The molecule has 0 aromatic heterocycles. The molecule has 2 fully saturated rings. The third-order valence-corrected chi connectivity index (χ3v) is 6.07. The van der Waals surface area contributed by atoms with Crippen molar-refractivity contribution in [2.75, 3.05) is 60.1 Å². The van der Waals surface area contributed by atoms with Gasteiger partial charge in [-0.2, -0.15) is 0 Å². The fourth-order valence-corrected chi connectivity index (χ4v) is 4.58. The molecule has 3 rings (SSSR count). The zero-order valence-corrected chi connectivity index (χ0v) is 21.1. The minimum Gasteiger partial charge on any atom is -0.496 e. The topological polar surface area (TPSA) is 49.3 Å². The summed E-state index contributed by atoms with van der Waals surface area (Å²) >= 11 is 0. The van der Waals surface area contributed by atoms with E-state index in [0.717, 1.165) is 57.6 Å². The lowest BCUT2D eigenvalue weighted by Gasteiger charge is -2.35. The van der Waals surface area contributed by atoms with Crippen molar-refractivity contribution in [3.05, 3.63) is 29.8 Å². The summed E-state index contributed by atoms with van der Waals surface area (Å²) in [5, 5.41) is 3.51. The van der Waals surface area contributed by atoms with E-state index in [2.05, 4.69) is 40.2 Å². The van der Waals surface area contributed by atoms with E-state index in [-0.39, 0.29) is 30.0 Å². The van der Waals surface area contributed by atoms with Gasteiger partial charge in [-0.1, -0.05) is 24.6 Å². The molecule has 6 nitrogen and oxygen atoms in total. The van der Waals surface area contributed by atoms with Gasteiger partial charge in [0.25, 0.3) is 0 Å². The van der Waals surface area contributed by atoms with Crippen LogP contribution < -0.4 is 10.1 Å². The van der Waals surface area contributed by atoms with Crippen molar-refractivity contribution < 1.29 is 9.47 Å². The summed E-state index contributed by atoms with van der Waals surface area (Å²) in [6.45, 7) is 8.92. The molecule has 170 valence electrons. The fraction of sp³-hybridized carbons (Fsp3) is 0.696. The summed E-state index contributed by atoms with van der Waals surface area (Å²) < 4.78 is 11.1. The van der Waals surface area contributed by atoms with E-state index in [9.17, 15) is 0 Å². The van der Waals surface area contributed by atoms with Crippen LogP contribution in [-0.2, 0) is 4.74 Å². The molecule has 0 aliphatic carbocycles. The Kier molecular flexibility index (Phi) is 11.2. The van der Waals surface area contributed by atoms with Crippen LogP contribution in [0.25, 0.3) is 0 Å². The van der Waals surface area contributed by atoms with Gasteiger partial charge in [-0.05, 0) is 45.3 Å². The van der Waals surface area contributed by atoms with E-state index in [1.165, 1.54) is 31.2 Å². The average Bonchev–Trinajstić information content (AvgIpc) is 3.23. The van der Waals surface area contributed by atoms with Crippen molar-refractivity contribution in [3.8, 4) is 5.75 Å². The molecule has 1 N–H and O–H groups in total. The number of hydrogen-bond donors (Lipinski definition) is 1. The summed E-state index contributed by atoms with van der Waals surface area (Å²) in [7, 11) is 3.55. The van der Waals surface area contributed by atoms with Crippen molar-refractivity contribution in [2.45, 2.75) is 38.6 Å². The van der Waals surface area contributed by atoms with Crippen LogP contribution >= 0.6 is 24.0 Å². The molecule has 1 aromatic carbocycles. The SMILES string of the molecule is CCNC(=NCC(c1ccccc1OC)N1CCCCC1)N1CCC(COC)C1.I. The number of ether oxygens (including phenoxy) is 2. The molecule has 2 saturated heterocycles. The Morgan fingerprint density at radius 3 is 2.63 bits per heavy atom. The standard InChI is InChI=1S/C23H38N4O2.HI/c1-4-24-23(27-15-12-19(17-27)18-28-2)25-16-21(26-13-8-5-9-14-26)20-10-6-7-11-22(20)29-3;/h6-7,10-11,19,21H,4-5,8-9,12-18H2,1-3H3,(H,24,25);1H. The number of halogens is 1. The number of nitrogens with zero attached hydrogens (tertiary/aromatic N) is 3. The van der Waals surface area contributed by atoms with Crippen LogP contribution in [0.15, 0.2) is 29.3 Å². The van der Waals surface area contributed by atoms with Crippen molar-refractivity contribution in [1.29, 1.82) is 0 Å². The number of nitrogens with one attached hydrogen (secondary N) is 1. The minimum absolute atomic E-state index is 0. The lowest BCUT2D eigenvalue weighted by atomic mass is 10.0. The molecule has 0 saturated carbocycles. The average molecular weight is 530 g/mol. The number of piperidine rings is 1. The molecule has 2 aliphatic rings. The van der Waals surface area contributed by atoms with E-state index in [4.69, 9.17) is 14.5 Å². The number of aliphatic imine (C=N–C) groups is 1. The molecule has 2 aliphatic heterocycles. The lowest BCUT2D eigenvalue weighted by Crippen LogP contribution is -2.41. The van der Waals surface area contributed by atoms with Crippen LogP contribution in [-0.4, -0.2) is 75.9 Å². The molecular weight excluding hydrogens is 491 g/mol. The molecule has 0 amide bonds. The number of benzene rings is 1. The van der Waals surface area contributed by atoms with Gasteiger partial charge in [-0.3, -0.25) is 9.89 Å². The second-order valence-corrected chi connectivity index (χ2v) is 8.11. The number of hydrogen-bond acceptors (Lipinski definition) is 4. The molecule has 30 heavy (non-hydrogen) atoms. The van der Waals surface area contributed by atoms with Crippen LogP contribution in [0.5, 0.6) is 5.75 Å². The summed E-state index contributed by atoms with van der Waals surface area (Å²) in [4.78, 5) is 10.1. The number of methoxy groups -OCH3 is 2. The Balaban J connectivity index is 0.00000320. The predicted octanol–water partition coefficient (Wildman–Crippen LogP) is 3.77. The third kappa shape index (κ3) is 6.72. The van der Waals surface area contributed by atoms with Crippen molar-refractivity contribution in [3.63, 3.8) is 0 Å². The third-order valence-electron chi connectivity index (χ3n) is 6.07. The van der Waals surface area contributed by atoms with Gasteiger partial charge in [0.15, 0.2) is 5.96 Å². The molecule has 0 radical (unpaired) electrons. The molecule has 2 atom stereocenters. The Labute approximate surface area is 199 Å². The number of rotatable bonds is 8. The van der Waals surface area contributed by atoms with E-state index < -0.39 is 0 Å². The molecule has 2 unspecified atom stereocenters. The van der Waals surface area contributed by atoms with Gasteiger partial charge < -0.3 is 19.7 Å². The van der Waals surface area contributed by atoms with Crippen LogP contribution in [0, 0.1) is 5.92 Å². The highest BCUT2D eigenvalue weighted by molar-refractivity contribution is 14.0. The van der Waals surface area contributed by atoms with Crippen LogP contribution in [0.4, 0.5) is 0 Å². The van der Waals surface area contributed by atoms with Crippen molar-refractivity contribution in [1.82, 2.24) is 15.1 Å². The first kappa shape index (κ1) is 25.2. The summed E-state index contributed by atoms with van der Waals surface area (Å²) in [5.41, 5.74) is 1.25. The van der Waals surface area contributed by atoms with E-state index in [1.54, 1.807) is 14.2 Å². The van der Waals surface area contributed by atoms with Crippen molar-refractivity contribution >= 4 is 29.9 Å². The largest absolute Gasteiger partial charge is 0.496 e. The summed E-state index contributed by atoms with van der Waals surface area (Å²) in [6, 6.07) is 8.67. The number of likely N-dealkylation sites (tertiary alicyclic amines) is 2. The minimum atomic E-state index is 0. The number of para-hydroxylation sites is 1. The first-order chi connectivity index (χ1) is 14.3. The molecule has 1 aromatic rings. The second-order valence-electron chi connectivity index (χ2n) is 8.11. The van der Waals surface area contributed by atoms with Gasteiger partial charge in [-0.15, -0.1) is 24.0 Å². The van der Waals surface area contributed by atoms with Gasteiger partial charge in [0.2, 0.25) is 0 Å². The smallest absolute Gasteiger partial charge is 0.193 e. The van der Waals surface area contributed by atoms with Gasteiger partial charge in [0.05, 0.1) is 26.3 Å². The monoisotopic (exact) mass is 530 g/mol. The molecule has 2 heterocycles. The van der Waals surface area contributed by atoms with Crippen LogP contribution in [0.3, 0.4) is 0 Å². The molecule has 0 spiro atoms. The highest BCUT2D eigenvalue weighted by atomic mass is 127. The van der Waals surface area contributed by atoms with Gasteiger partial charge in [0, 0.05) is 38.2 Å². The maximum Gasteiger partial charge on any atom is 0.193 e. The Hall–Kier alpha value is -1.06. The van der Waals surface area contributed by atoms with Gasteiger partial charge >= 0.3 is 0 Å². The van der Waals surface area contributed by atoms with E-state index >= 15 is 0 Å². The second kappa shape index (κ2) is 13.4. The Bertz CT molecular complexity index is 652. The Morgan fingerprint density at radius 2 is 1.93 bits per heavy atom. The highest BCUT2D eigenvalue weighted by Gasteiger charge is 2.27. The number of guanidine groups is 1. The van der Waals surface area contributed by atoms with Gasteiger partial charge in [-0.25, -0.2) is 0 Å². The summed E-state index contributed by atoms with van der Waals surface area (Å²) in [6.07, 6.45) is 5.02. The van der Waals surface area contributed by atoms with Crippen molar-refractivity contribution in [2.24, 2.45) is 10.9 Å². The molecule has 0 bridgehead atoms. The van der Waals surface area contributed by atoms with E-state index in [0.29, 0.717) is 5.92 Å². The first-order valence-corrected chi connectivity index (χ1v) is 11.2.